The Kier molecular flexibility index (Phi) is 2.25. The van der Waals surface area contributed by atoms with Crippen molar-refractivity contribution in [3.05, 3.63) is 12.2 Å². The zero-order valence-corrected chi connectivity index (χ0v) is 6.63. The third-order valence-corrected chi connectivity index (χ3v) is 2.09. The van der Waals surface area contributed by atoms with Gasteiger partial charge in [0.25, 0.3) is 0 Å². The van der Waals surface area contributed by atoms with E-state index >= 15 is 0 Å². The average Bonchev–Trinajstić information content (AvgIpc) is 1.88. The highest BCUT2D eigenvalue weighted by molar-refractivity contribution is 5.83. The van der Waals surface area contributed by atoms with Crippen molar-refractivity contribution >= 4 is 5.78 Å². The molecule has 0 N–H and O–H groups in total. The van der Waals surface area contributed by atoms with E-state index in [1.807, 2.05) is 6.08 Å². The zero-order valence-electron chi connectivity index (χ0n) is 6.63. The Balaban J connectivity index is 2.59. The van der Waals surface area contributed by atoms with E-state index in [4.69, 9.17) is 0 Å². The molecule has 0 aromatic rings. The van der Waals surface area contributed by atoms with Crippen LogP contribution < -0.4 is 0 Å². The van der Waals surface area contributed by atoms with E-state index in [-0.39, 0.29) is 0 Å². The van der Waals surface area contributed by atoms with E-state index in [1.54, 1.807) is 0 Å². The molecule has 56 valence electrons. The predicted octanol–water partition coefficient (Wildman–Crippen LogP) is 2.18. The maximum absolute atomic E-state index is 11.2. The number of hydrogen-bond acceptors (Lipinski definition) is 1. The van der Waals surface area contributed by atoms with Crippen LogP contribution in [0.5, 0.6) is 0 Å². The number of carbonyl (C=O) groups excluding carboxylic acids is 1. The second kappa shape index (κ2) is 3.00. The molecule has 1 aliphatic carbocycles. The average molecular weight is 138 g/mol. The summed E-state index contributed by atoms with van der Waals surface area (Å²) in [6.07, 6.45) is 5.70. The molecule has 1 unspecified atom stereocenters. The van der Waals surface area contributed by atoms with E-state index < -0.39 is 0 Å². The van der Waals surface area contributed by atoms with Crippen LogP contribution in [0, 0.1) is 11.8 Å². The third-order valence-electron chi connectivity index (χ3n) is 2.09. The molecule has 0 heterocycles. The summed E-state index contributed by atoms with van der Waals surface area (Å²) in [6, 6.07) is 0. The minimum Gasteiger partial charge on any atom is -0.299 e. The van der Waals surface area contributed by atoms with Crippen molar-refractivity contribution in [2.24, 2.45) is 11.8 Å². The molecule has 0 bridgehead atoms. The first-order valence-electron chi connectivity index (χ1n) is 3.89. The van der Waals surface area contributed by atoms with Crippen LogP contribution in [-0.4, -0.2) is 5.78 Å². The zero-order chi connectivity index (χ0) is 7.56. The van der Waals surface area contributed by atoms with Gasteiger partial charge in [-0.05, 0) is 12.3 Å². The minimum atomic E-state index is 0.296. The minimum absolute atomic E-state index is 0.296. The Morgan fingerprint density at radius 1 is 1.50 bits per heavy atom. The first-order chi connectivity index (χ1) is 4.72. The van der Waals surface area contributed by atoms with Gasteiger partial charge in [-0.2, -0.15) is 0 Å². The number of ketones is 1. The van der Waals surface area contributed by atoms with E-state index in [1.165, 1.54) is 0 Å². The first-order valence-corrected chi connectivity index (χ1v) is 3.89. The fourth-order valence-electron chi connectivity index (χ4n) is 1.37. The third kappa shape index (κ3) is 1.47. The molecule has 1 atom stereocenters. The molecule has 0 aromatic heterocycles. The van der Waals surface area contributed by atoms with Crippen LogP contribution in [0.2, 0.25) is 0 Å². The van der Waals surface area contributed by atoms with E-state index in [0.717, 1.165) is 6.42 Å². The summed E-state index contributed by atoms with van der Waals surface area (Å²) in [5.41, 5.74) is 0. The fourth-order valence-corrected chi connectivity index (χ4v) is 1.37. The van der Waals surface area contributed by atoms with Crippen LogP contribution in [0.4, 0.5) is 0 Å². The molecule has 1 aliphatic rings. The summed E-state index contributed by atoms with van der Waals surface area (Å²) in [7, 11) is 0. The van der Waals surface area contributed by atoms with Crippen molar-refractivity contribution in [3.8, 4) is 0 Å². The smallest absolute Gasteiger partial charge is 0.140 e. The highest BCUT2D eigenvalue weighted by atomic mass is 16.1. The van der Waals surface area contributed by atoms with Gasteiger partial charge in [-0.1, -0.05) is 26.0 Å². The fraction of sp³-hybridized carbons (Fsp3) is 0.667. The molecular weight excluding hydrogens is 124 g/mol. The first kappa shape index (κ1) is 7.52. The molecule has 1 rings (SSSR count). The van der Waals surface area contributed by atoms with Crippen molar-refractivity contribution in [3.63, 3.8) is 0 Å². The summed E-state index contributed by atoms with van der Waals surface area (Å²) in [5.74, 6) is 1.22. The summed E-state index contributed by atoms with van der Waals surface area (Å²) < 4.78 is 0. The quantitative estimate of drug-likeness (QED) is 0.507. The summed E-state index contributed by atoms with van der Waals surface area (Å²) in [6.45, 7) is 4.23. The molecule has 0 radical (unpaired) electrons. The Bertz CT molecular complexity index is 156. The van der Waals surface area contributed by atoms with Gasteiger partial charge in [0.2, 0.25) is 0 Å². The van der Waals surface area contributed by atoms with Crippen molar-refractivity contribution in [1.29, 1.82) is 0 Å². The van der Waals surface area contributed by atoms with E-state index in [9.17, 15) is 4.79 Å². The topological polar surface area (TPSA) is 17.1 Å². The molecule has 0 fully saturated rings. The van der Waals surface area contributed by atoms with Crippen LogP contribution in [0.1, 0.15) is 26.7 Å². The van der Waals surface area contributed by atoms with E-state index in [2.05, 4.69) is 19.9 Å². The maximum Gasteiger partial charge on any atom is 0.140 e. The Morgan fingerprint density at radius 2 is 2.20 bits per heavy atom. The van der Waals surface area contributed by atoms with Crippen LogP contribution in [0.3, 0.4) is 0 Å². The molecule has 10 heavy (non-hydrogen) atoms. The molecule has 0 saturated heterocycles. The van der Waals surface area contributed by atoms with Gasteiger partial charge in [0.05, 0.1) is 0 Å². The largest absolute Gasteiger partial charge is 0.299 e. The number of carbonyl (C=O) groups is 1. The number of hydrogen-bond donors (Lipinski definition) is 0. The predicted molar refractivity (Wildman–Crippen MR) is 41.7 cm³/mol. The SMILES string of the molecule is CC(C)C1CC=CCC1=O. The number of rotatable bonds is 1. The lowest BCUT2D eigenvalue weighted by Gasteiger charge is -2.19. The lowest BCUT2D eigenvalue weighted by Crippen LogP contribution is -2.21. The Labute approximate surface area is 62.1 Å². The Morgan fingerprint density at radius 3 is 2.60 bits per heavy atom. The van der Waals surface area contributed by atoms with Crippen LogP contribution in [0.25, 0.3) is 0 Å². The normalized spacial score (nSPS) is 25.9. The van der Waals surface area contributed by atoms with Gasteiger partial charge in [-0.25, -0.2) is 0 Å². The van der Waals surface area contributed by atoms with Gasteiger partial charge < -0.3 is 0 Å². The highest BCUT2D eigenvalue weighted by Crippen LogP contribution is 2.22. The van der Waals surface area contributed by atoms with E-state index in [0.29, 0.717) is 24.0 Å². The van der Waals surface area contributed by atoms with Gasteiger partial charge in [-0.15, -0.1) is 0 Å². The standard InChI is InChI=1S/C9H14O/c1-7(2)8-5-3-4-6-9(8)10/h3-4,7-8H,5-6H2,1-2H3. The molecule has 0 saturated carbocycles. The van der Waals surface area contributed by atoms with Crippen molar-refractivity contribution in [2.45, 2.75) is 26.7 Å². The molecule has 1 nitrogen and oxygen atoms in total. The van der Waals surface area contributed by atoms with Gasteiger partial charge in [0.15, 0.2) is 0 Å². The van der Waals surface area contributed by atoms with Crippen LogP contribution in [-0.2, 0) is 4.79 Å². The van der Waals surface area contributed by atoms with Crippen LogP contribution >= 0.6 is 0 Å². The highest BCUT2D eigenvalue weighted by Gasteiger charge is 2.21. The van der Waals surface area contributed by atoms with Crippen molar-refractivity contribution < 1.29 is 4.79 Å². The Hall–Kier alpha value is -0.590. The lowest BCUT2D eigenvalue weighted by atomic mass is 9.84. The molecule has 0 amide bonds. The molecule has 0 aromatic carbocycles. The number of allylic oxidation sites excluding steroid dienone is 2. The van der Waals surface area contributed by atoms with Crippen molar-refractivity contribution in [2.75, 3.05) is 0 Å². The van der Waals surface area contributed by atoms with Gasteiger partial charge in [0, 0.05) is 12.3 Å². The van der Waals surface area contributed by atoms with Gasteiger partial charge in [0.1, 0.15) is 5.78 Å². The second-order valence-electron chi connectivity index (χ2n) is 3.23. The summed E-state index contributed by atoms with van der Waals surface area (Å²) >= 11 is 0. The molecule has 0 aliphatic heterocycles. The maximum atomic E-state index is 11.2. The van der Waals surface area contributed by atoms with Crippen LogP contribution in [0.15, 0.2) is 12.2 Å². The number of Topliss-reactive ketones (excluding diaryl/α,β-unsaturated/α-hetero) is 1. The van der Waals surface area contributed by atoms with Gasteiger partial charge in [-0.3, -0.25) is 4.79 Å². The second-order valence-corrected chi connectivity index (χ2v) is 3.23. The lowest BCUT2D eigenvalue weighted by molar-refractivity contribution is -0.123. The molecular formula is C9H14O. The molecule has 1 heteroatoms. The summed E-state index contributed by atoms with van der Waals surface area (Å²) in [4.78, 5) is 11.2. The monoisotopic (exact) mass is 138 g/mol. The molecule has 0 spiro atoms. The van der Waals surface area contributed by atoms with Crippen molar-refractivity contribution in [1.82, 2.24) is 0 Å². The summed E-state index contributed by atoms with van der Waals surface area (Å²) in [5, 5.41) is 0. The van der Waals surface area contributed by atoms with Gasteiger partial charge >= 0.3 is 0 Å².